The largest absolute Gasteiger partial charge is 0.383 e. The predicted octanol–water partition coefficient (Wildman–Crippen LogP) is 2.31. The Kier molecular flexibility index (Phi) is 2.19. The molecule has 1 aromatic carbocycles. The van der Waals surface area contributed by atoms with Gasteiger partial charge in [0.05, 0.1) is 4.92 Å². The Balaban J connectivity index is 2.35. The number of nitrogens with zero attached hydrogens (tertiary/aromatic N) is 3. The third-order valence-corrected chi connectivity index (χ3v) is 3.11. The highest BCUT2D eigenvalue weighted by Gasteiger charge is 2.28. The first-order valence-corrected chi connectivity index (χ1v) is 5.78. The van der Waals surface area contributed by atoms with E-state index in [0.29, 0.717) is 28.5 Å². The van der Waals surface area contributed by atoms with Gasteiger partial charge in [0.15, 0.2) is 5.52 Å². The average Bonchev–Trinajstić information content (AvgIpc) is 3.12. The Labute approximate surface area is 103 Å². The molecule has 1 aromatic heterocycles. The van der Waals surface area contributed by atoms with Gasteiger partial charge in [0.2, 0.25) is 0 Å². The fraction of sp³-hybridized carbons (Fsp3) is 0.333. The number of nitrogen functional groups attached to an aromatic ring is 1. The molecule has 2 N–H and O–H groups in total. The highest BCUT2D eigenvalue weighted by atomic mass is 16.6. The van der Waals surface area contributed by atoms with E-state index in [1.165, 1.54) is 6.07 Å². The third kappa shape index (κ3) is 1.66. The molecule has 0 unspecified atom stereocenters. The number of non-ortho nitro benzene ring substituents is 1. The van der Waals surface area contributed by atoms with Crippen LogP contribution in [-0.4, -0.2) is 14.9 Å². The molecule has 1 aliphatic rings. The Morgan fingerprint density at radius 1 is 1.39 bits per heavy atom. The summed E-state index contributed by atoms with van der Waals surface area (Å²) in [5, 5.41) is 11.6. The minimum absolute atomic E-state index is 0.000926. The molecule has 0 spiro atoms. The minimum Gasteiger partial charge on any atom is -0.383 e. The number of rotatable bonds is 2. The summed E-state index contributed by atoms with van der Waals surface area (Å²) in [6.07, 6.45) is 2.06. The van der Waals surface area contributed by atoms with E-state index < -0.39 is 4.92 Å². The number of aryl methyl sites for hydroxylation is 1. The first-order chi connectivity index (χ1) is 8.56. The molecular formula is C12H12N4O2. The number of nitro benzene ring substituents is 1. The highest BCUT2D eigenvalue weighted by Crippen LogP contribution is 2.40. The second kappa shape index (κ2) is 3.63. The summed E-state index contributed by atoms with van der Waals surface area (Å²) in [6, 6.07) is 3.31. The molecule has 0 aliphatic heterocycles. The van der Waals surface area contributed by atoms with Crippen LogP contribution >= 0.6 is 0 Å². The van der Waals surface area contributed by atoms with Crippen molar-refractivity contribution < 1.29 is 4.92 Å². The molecule has 18 heavy (non-hydrogen) atoms. The van der Waals surface area contributed by atoms with Crippen LogP contribution in [-0.2, 0) is 0 Å². The van der Waals surface area contributed by atoms with Crippen LogP contribution in [0.5, 0.6) is 0 Å². The summed E-state index contributed by atoms with van der Waals surface area (Å²) in [7, 11) is 0. The average molecular weight is 244 g/mol. The standard InChI is InChI=1S/C12H12N4O2/c1-6-4-8-10(9(5-6)16(17)18)14-12(7-2-3-7)15-11(8)13/h4-5,7H,2-3H2,1H3,(H2,13,14,15). The molecule has 0 amide bonds. The Hall–Kier alpha value is -2.24. The number of aromatic nitrogens is 2. The maximum absolute atomic E-state index is 11.1. The molecule has 1 heterocycles. The van der Waals surface area contributed by atoms with Crippen LogP contribution in [0.1, 0.15) is 30.1 Å². The third-order valence-electron chi connectivity index (χ3n) is 3.11. The van der Waals surface area contributed by atoms with Crippen molar-refractivity contribution in [3.8, 4) is 0 Å². The van der Waals surface area contributed by atoms with Crippen LogP contribution in [0, 0.1) is 17.0 Å². The molecule has 6 heteroatoms. The van der Waals surface area contributed by atoms with Crippen LogP contribution in [0.2, 0.25) is 0 Å². The van der Waals surface area contributed by atoms with Crippen molar-refractivity contribution in [1.29, 1.82) is 0 Å². The number of nitrogens with two attached hydrogens (primary N) is 1. The molecular weight excluding hydrogens is 232 g/mol. The van der Waals surface area contributed by atoms with E-state index in [4.69, 9.17) is 5.73 Å². The Morgan fingerprint density at radius 3 is 2.72 bits per heavy atom. The van der Waals surface area contributed by atoms with Gasteiger partial charge in [-0.1, -0.05) is 0 Å². The summed E-state index contributed by atoms with van der Waals surface area (Å²) in [5.74, 6) is 1.28. The van der Waals surface area contributed by atoms with E-state index in [0.717, 1.165) is 18.4 Å². The lowest BCUT2D eigenvalue weighted by Gasteiger charge is -2.06. The summed E-state index contributed by atoms with van der Waals surface area (Å²) in [5.41, 5.74) is 7.02. The van der Waals surface area contributed by atoms with E-state index >= 15 is 0 Å². The second-order valence-corrected chi connectivity index (χ2v) is 4.68. The summed E-state index contributed by atoms with van der Waals surface area (Å²) < 4.78 is 0. The van der Waals surface area contributed by atoms with Gasteiger partial charge in [-0.05, 0) is 31.4 Å². The van der Waals surface area contributed by atoms with Crippen molar-refractivity contribution in [2.24, 2.45) is 0 Å². The fourth-order valence-corrected chi connectivity index (χ4v) is 2.06. The molecule has 0 radical (unpaired) electrons. The lowest BCUT2D eigenvalue weighted by Crippen LogP contribution is -2.02. The zero-order valence-corrected chi connectivity index (χ0v) is 9.88. The van der Waals surface area contributed by atoms with Crippen molar-refractivity contribution in [3.63, 3.8) is 0 Å². The van der Waals surface area contributed by atoms with E-state index in [-0.39, 0.29) is 5.69 Å². The molecule has 2 aromatic rings. The molecule has 0 bridgehead atoms. The van der Waals surface area contributed by atoms with E-state index in [2.05, 4.69) is 9.97 Å². The second-order valence-electron chi connectivity index (χ2n) is 4.68. The van der Waals surface area contributed by atoms with E-state index in [9.17, 15) is 10.1 Å². The van der Waals surface area contributed by atoms with E-state index in [1.54, 1.807) is 13.0 Å². The van der Waals surface area contributed by atoms with Crippen molar-refractivity contribution in [3.05, 3.63) is 33.6 Å². The first-order valence-electron chi connectivity index (χ1n) is 5.78. The van der Waals surface area contributed by atoms with Gasteiger partial charge in [-0.25, -0.2) is 9.97 Å². The first kappa shape index (κ1) is 10.9. The number of anilines is 1. The van der Waals surface area contributed by atoms with Gasteiger partial charge in [-0.3, -0.25) is 10.1 Å². The number of nitro groups is 1. The Bertz CT molecular complexity index is 665. The van der Waals surface area contributed by atoms with E-state index in [1.807, 2.05) is 0 Å². The van der Waals surface area contributed by atoms with Crippen LogP contribution in [0.3, 0.4) is 0 Å². The van der Waals surface area contributed by atoms with Crippen LogP contribution in [0.15, 0.2) is 12.1 Å². The molecule has 3 rings (SSSR count). The molecule has 0 saturated heterocycles. The minimum atomic E-state index is -0.418. The lowest BCUT2D eigenvalue weighted by atomic mass is 10.1. The summed E-state index contributed by atoms with van der Waals surface area (Å²) in [4.78, 5) is 19.2. The van der Waals surface area contributed by atoms with Gasteiger partial charge in [0.25, 0.3) is 5.69 Å². The van der Waals surface area contributed by atoms with Crippen LogP contribution in [0.4, 0.5) is 11.5 Å². The predicted molar refractivity (Wildman–Crippen MR) is 67.3 cm³/mol. The topological polar surface area (TPSA) is 94.9 Å². The van der Waals surface area contributed by atoms with Crippen LogP contribution in [0.25, 0.3) is 10.9 Å². The molecule has 1 saturated carbocycles. The molecule has 1 aliphatic carbocycles. The SMILES string of the molecule is Cc1cc([N+](=O)[O-])c2nc(C3CC3)nc(N)c2c1. The number of benzene rings is 1. The van der Waals surface area contributed by atoms with Gasteiger partial charge >= 0.3 is 0 Å². The quantitative estimate of drug-likeness (QED) is 0.646. The van der Waals surface area contributed by atoms with Gasteiger partial charge in [0, 0.05) is 17.4 Å². The number of hydrogen-bond acceptors (Lipinski definition) is 5. The van der Waals surface area contributed by atoms with Gasteiger partial charge < -0.3 is 5.73 Å². The monoisotopic (exact) mass is 244 g/mol. The fourth-order valence-electron chi connectivity index (χ4n) is 2.06. The number of fused-ring (bicyclic) bond motifs is 1. The lowest BCUT2D eigenvalue weighted by molar-refractivity contribution is -0.383. The van der Waals surface area contributed by atoms with Crippen molar-refractivity contribution in [1.82, 2.24) is 9.97 Å². The summed E-state index contributed by atoms with van der Waals surface area (Å²) in [6.45, 7) is 1.79. The number of hydrogen-bond donors (Lipinski definition) is 1. The van der Waals surface area contributed by atoms with Crippen LogP contribution < -0.4 is 5.73 Å². The maximum Gasteiger partial charge on any atom is 0.295 e. The molecule has 92 valence electrons. The maximum atomic E-state index is 11.1. The van der Waals surface area contributed by atoms with Crippen molar-refractivity contribution in [2.75, 3.05) is 5.73 Å². The van der Waals surface area contributed by atoms with Crippen molar-refractivity contribution >= 4 is 22.4 Å². The zero-order chi connectivity index (χ0) is 12.9. The van der Waals surface area contributed by atoms with Gasteiger partial charge in [-0.15, -0.1) is 0 Å². The van der Waals surface area contributed by atoms with Crippen molar-refractivity contribution in [2.45, 2.75) is 25.7 Å². The van der Waals surface area contributed by atoms with Gasteiger partial charge in [-0.2, -0.15) is 0 Å². The normalized spacial score (nSPS) is 14.9. The highest BCUT2D eigenvalue weighted by molar-refractivity contribution is 5.94. The zero-order valence-electron chi connectivity index (χ0n) is 9.88. The Morgan fingerprint density at radius 2 is 2.11 bits per heavy atom. The van der Waals surface area contributed by atoms with Gasteiger partial charge in [0.1, 0.15) is 11.6 Å². The molecule has 0 atom stereocenters. The molecule has 1 fully saturated rings. The summed E-state index contributed by atoms with van der Waals surface area (Å²) >= 11 is 0. The smallest absolute Gasteiger partial charge is 0.295 e. The molecule has 6 nitrogen and oxygen atoms in total.